The zero-order valence-electron chi connectivity index (χ0n) is 7.80. The quantitative estimate of drug-likeness (QED) is 0.610. The van der Waals surface area contributed by atoms with Gasteiger partial charge in [0.25, 0.3) is 0 Å². The number of carbonyl (C=O) groups is 1. The van der Waals surface area contributed by atoms with Gasteiger partial charge in [0.05, 0.1) is 0 Å². The van der Waals surface area contributed by atoms with Gasteiger partial charge in [0.2, 0.25) is 0 Å². The van der Waals surface area contributed by atoms with Gasteiger partial charge in [0, 0.05) is 26.2 Å². The van der Waals surface area contributed by atoms with Crippen molar-refractivity contribution >= 4 is 16.3 Å². The minimum absolute atomic E-state index is 0.319. The van der Waals surface area contributed by atoms with Gasteiger partial charge >= 0.3 is 16.3 Å². The number of piperazine rings is 1. The SMILES string of the molecule is CN1CCN(S(=O)(=O)NC(=O)O)CC1. The lowest BCUT2D eigenvalue weighted by Crippen LogP contribution is -2.51. The van der Waals surface area contributed by atoms with Crippen molar-refractivity contribution in [3.05, 3.63) is 0 Å². The van der Waals surface area contributed by atoms with Gasteiger partial charge in [-0.15, -0.1) is 0 Å². The van der Waals surface area contributed by atoms with Crippen LogP contribution in [0.1, 0.15) is 0 Å². The highest BCUT2D eigenvalue weighted by molar-refractivity contribution is 7.87. The summed E-state index contributed by atoms with van der Waals surface area (Å²) >= 11 is 0. The van der Waals surface area contributed by atoms with E-state index in [1.54, 1.807) is 0 Å². The smallest absolute Gasteiger partial charge is 0.419 e. The Morgan fingerprint density at radius 2 is 1.79 bits per heavy atom. The van der Waals surface area contributed by atoms with Crippen molar-refractivity contribution in [3.8, 4) is 0 Å². The molecule has 1 aliphatic heterocycles. The number of hydrogen-bond donors (Lipinski definition) is 2. The lowest BCUT2D eigenvalue weighted by atomic mass is 10.4. The Balaban J connectivity index is 2.60. The maximum Gasteiger partial charge on any atom is 0.419 e. The van der Waals surface area contributed by atoms with Crippen LogP contribution in [0, 0.1) is 0 Å². The molecule has 1 aliphatic rings. The number of rotatable bonds is 2. The molecule has 1 fully saturated rings. The molecule has 1 rings (SSSR count). The Morgan fingerprint density at radius 1 is 1.29 bits per heavy atom. The summed E-state index contributed by atoms with van der Waals surface area (Å²) in [6.45, 7) is 1.86. The normalized spacial score (nSPS) is 20.6. The van der Waals surface area contributed by atoms with Crippen molar-refractivity contribution in [2.24, 2.45) is 0 Å². The van der Waals surface area contributed by atoms with Gasteiger partial charge in [-0.2, -0.15) is 12.7 Å². The summed E-state index contributed by atoms with van der Waals surface area (Å²) in [6.07, 6.45) is -1.55. The Labute approximate surface area is 82.5 Å². The van der Waals surface area contributed by atoms with Crippen LogP contribution in [-0.2, 0) is 10.2 Å². The standard InChI is InChI=1S/C6H13N3O4S/c1-8-2-4-9(5-3-8)14(12,13)7-6(10)11/h7H,2-5H2,1H3,(H,10,11). The minimum Gasteiger partial charge on any atom is -0.464 e. The van der Waals surface area contributed by atoms with Crippen LogP contribution in [0.2, 0.25) is 0 Å². The first-order valence-electron chi connectivity index (χ1n) is 4.11. The fraction of sp³-hybridized carbons (Fsp3) is 0.833. The van der Waals surface area contributed by atoms with Crippen LogP contribution < -0.4 is 4.72 Å². The predicted molar refractivity (Wildman–Crippen MR) is 49.2 cm³/mol. The van der Waals surface area contributed by atoms with Gasteiger partial charge in [0.1, 0.15) is 0 Å². The summed E-state index contributed by atoms with van der Waals surface area (Å²) in [5.41, 5.74) is 0. The van der Waals surface area contributed by atoms with Crippen LogP contribution >= 0.6 is 0 Å². The van der Waals surface area contributed by atoms with Gasteiger partial charge in [-0.1, -0.05) is 0 Å². The van der Waals surface area contributed by atoms with E-state index in [4.69, 9.17) is 5.11 Å². The van der Waals surface area contributed by atoms with Crippen molar-refractivity contribution < 1.29 is 18.3 Å². The van der Waals surface area contributed by atoms with Crippen LogP contribution in [-0.4, -0.2) is 62.0 Å². The average molecular weight is 223 g/mol. The lowest BCUT2D eigenvalue weighted by Gasteiger charge is -2.30. The Kier molecular flexibility index (Phi) is 3.29. The fourth-order valence-electron chi connectivity index (χ4n) is 1.20. The molecule has 1 heterocycles. The number of nitrogens with one attached hydrogen (secondary N) is 1. The molecule has 8 heteroatoms. The van der Waals surface area contributed by atoms with Crippen molar-refractivity contribution in [3.63, 3.8) is 0 Å². The number of carboxylic acid groups (broad SMARTS) is 1. The molecular weight excluding hydrogens is 210 g/mol. The summed E-state index contributed by atoms with van der Waals surface area (Å²) in [5.74, 6) is 0. The molecule has 82 valence electrons. The molecule has 0 aromatic carbocycles. The largest absolute Gasteiger partial charge is 0.464 e. The van der Waals surface area contributed by atoms with Crippen LogP contribution in [0.15, 0.2) is 0 Å². The molecule has 0 unspecified atom stereocenters. The van der Waals surface area contributed by atoms with Crippen LogP contribution in [0.5, 0.6) is 0 Å². The molecule has 0 saturated carbocycles. The second-order valence-corrected chi connectivity index (χ2v) is 4.79. The summed E-state index contributed by atoms with van der Waals surface area (Å²) in [7, 11) is -1.97. The zero-order valence-corrected chi connectivity index (χ0v) is 8.62. The van der Waals surface area contributed by atoms with E-state index in [1.165, 1.54) is 4.72 Å². The maximum absolute atomic E-state index is 11.3. The molecular formula is C6H13N3O4S. The second kappa shape index (κ2) is 4.11. The molecule has 0 bridgehead atoms. The first kappa shape index (κ1) is 11.2. The molecule has 14 heavy (non-hydrogen) atoms. The first-order chi connectivity index (χ1) is 6.42. The number of nitrogens with zero attached hydrogens (tertiary/aromatic N) is 2. The third kappa shape index (κ3) is 2.82. The highest BCUT2D eigenvalue weighted by Gasteiger charge is 2.26. The Hall–Kier alpha value is -0.860. The van der Waals surface area contributed by atoms with Crippen molar-refractivity contribution in [2.75, 3.05) is 33.2 Å². The van der Waals surface area contributed by atoms with E-state index in [2.05, 4.69) is 0 Å². The molecule has 0 aromatic rings. The molecule has 7 nitrogen and oxygen atoms in total. The average Bonchev–Trinajstić information content (AvgIpc) is 2.02. The number of amides is 1. The molecule has 1 amide bonds. The second-order valence-electron chi connectivity index (χ2n) is 3.11. The molecule has 0 atom stereocenters. The van der Waals surface area contributed by atoms with Crippen LogP contribution in [0.3, 0.4) is 0 Å². The summed E-state index contributed by atoms with van der Waals surface area (Å²) < 4.78 is 25.3. The van der Waals surface area contributed by atoms with Crippen molar-refractivity contribution in [1.82, 2.24) is 13.9 Å². The topological polar surface area (TPSA) is 90.0 Å². The highest BCUT2D eigenvalue weighted by atomic mass is 32.2. The first-order valence-corrected chi connectivity index (χ1v) is 5.55. The van der Waals surface area contributed by atoms with E-state index >= 15 is 0 Å². The highest BCUT2D eigenvalue weighted by Crippen LogP contribution is 2.03. The molecule has 0 aliphatic carbocycles. The molecule has 1 saturated heterocycles. The lowest BCUT2D eigenvalue weighted by molar-refractivity contribution is 0.197. The zero-order chi connectivity index (χ0) is 10.8. The summed E-state index contributed by atoms with van der Waals surface area (Å²) in [4.78, 5) is 12.2. The van der Waals surface area contributed by atoms with E-state index < -0.39 is 16.3 Å². The van der Waals surface area contributed by atoms with E-state index in [9.17, 15) is 13.2 Å². The molecule has 0 radical (unpaired) electrons. The predicted octanol–water partition coefficient (Wildman–Crippen LogP) is -1.25. The monoisotopic (exact) mass is 223 g/mol. The van der Waals surface area contributed by atoms with Gasteiger partial charge < -0.3 is 10.0 Å². The van der Waals surface area contributed by atoms with E-state index in [0.29, 0.717) is 26.2 Å². The van der Waals surface area contributed by atoms with Gasteiger partial charge in [0.15, 0.2) is 0 Å². The molecule has 0 spiro atoms. The third-order valence-corrected chi connectivity index (χ3v) is 3.50. The van der Waals surface area contributed by atoms with Crippen LogP contribution in [0.25, 0.3) is 0 Å². The van der Waals surface area contributed by atoms with Gasteiger partial charge in [-0.3, -0.25) is 0 Å². The molecule has 2 N–H and O–H groups in total. The third-order valence-electron chi connectivity index (χ3n) is 2.02. The van der Waals surface area contributed by atoms with Crippen molar-refractivity contribution in [1.29, 1.82) is 0 Å². The molecule has 0 aromatic heterocycles. The van der Waals surface area contributed by atoms with Gasteiger partial charge in [-0.25, -0.2) is 9.52 Å². The minimum atomic E-state index is -3.85. The maximum atomic E-state index is 11.3. The van der Waals surface area contributed by atoms with E-state index in [-0.39, 0.29) is 0 Å². The van der Waals surface area contributed by atoms with E-state index in [0.717, 1.165) is 4.31 Å². The number of hydrogen-bond acceptors (Lipinski definition) is 4. The van der Waals surface area contributed by atoms with E-state index in [1.807, 2.05) is 11.9 Å². The summed E-state index contributed by atoms with van der Waals surface area (Å²) in [6, 6.07) is 0. The number of likely N-dealkylation sites (N-methyl/N-ethyl adjacent to an activating group) is 1. The Bertz CT molecular complexity index is 307. The van der Waals surface area contributed by atoms with Crippen molar-refractivity contribution in [2.45, 2.75) is 0 Å². The van der Waals surface area contributed by atoms with Crippen LogP contribution in [0.4, 0.5) is 4.79 Å². The fourth-order valence-corrected chi connectivity index (χ4v) is 2.20. The Morgan fingerprint density at radius 3 is 2.21 bits per heavy atom. The van der Waals surface area contributed by atoms with Gasteiger partial charge in [-0.05, 0) is 7.05 Å². The summed E-state index contributed by atoms with van der Waals surface area (Å²) in [5, 5.41) is 8.30.